The molecule has 0 amide bonds. The monoisotopic (exact) mass is 727 g/mol. The molecule has 290 valence electrons. The van der Waals surface area contributed by atoms with Crippen LogP contribution in [0.5, 0.6) is 0 Å². The number of carbonyl (C=O) groups excluding carboxylic acids is 1. The number of rotatable bonds is 8. The maximum absolute atomic E-state index is 12.6. The van der Waals surface area contributed by atoms with Gasteiger partial charge in [0, 0.05) is 17.5 Å². The molecule has 0 aromatic heterocycles. The zero-order valence-corrected chi connectivity index (χ0v) is 29.7. The van der Waals surface area contributed by atoms with E-state index in [9.17, 15) is 45.6 Å². The first-order valence-electron chi connectivity index (χ1n) is 18.7. The number of aliphatic hydroxyl groups excluding tert-OH is 7. The average Bonchev–Trinajstić information content (AvgIpc) is 3.66. The zero-order valence-electron chi connectivity index (χ0n) is 29.7. The number of nitrogens with zero attached hydrogens (tertiary/aromatic N) is 1. The minimum atomic E-state index is -1.66. The van der Waals surface area contributed by atoms with Gasteiger partial charge in [0.2, 0.25) is 0 Å². The molecule has 4 aliphatic carbocycles. The summed E-state index contributed by atoms with van der Waals surface area (Å²) < 4.78 is 22.4. The van der Waals surface area contributed by atoms with Crippen LogP contribution in [0, 0.1) is 34.5 Å². The Labute approximate surface area is 298 Å². The largest absolute Gasteiger partial charge is 0.458 e. The number of hydroxylamine groups is 2. The first-order chi connectivity index (χ1) is 24.2. The van der Waals surface area contributed by atoms with E-state index in [0.717, 1.165) is 50.5 Å². The van der Waals surface area contributed by atoms with Gasteiger partial charge in [-0.2, -0.15) is 5.06 Å². The lowest BCUT2D eigenvalue weighted by atomic mass is 9.43. The SMILES string of the molecule is CON([C@H]1CC[C@@]2(C)C(CCC3C2CC[C@]2(C)[C@@H](C4=CC(=O)OC4)CC[C@]32O)C1)[C@@H]1O[C@H](CO[C@H]2O[C@H](CO)[C@H](O)[C@H](O)[C@H]2O)[C@@H](O)[C@H](O)[C@H]1O. The van der Waals surface area contributed by atoms with Gasteiger partial charge in [0.1, 0.15) is 55.4 Å². The van der Waals surface area contributed by atoms with Crippen LogP contribution in [0.2, 0.25) is 0 Å². The standard InChI is InChI=1S/C36H57NO14/c1-34-9-6-19(13-18(34)4-5-22-21(34)7-10-35(2)20(8-11-36(22,35)46)17-12-25(39)48-15-17)37(47-3)32-30(44)28(42)27(41)24(50-32)16-49-33-31(45)29(43)26(40)23(14-38)51-33/h12,18-24,26-33,38,40-46H,4-11,13-16H2,1-3H3/t18?,19-,20+,21?,22?,23+,24+,26-,27+,28-,29-,30+,31+,32+,33-,34-,35+,36-/m0/s1. The summed E-state index contributed by atoms with van der Waals surface area (Å²) in [4.78, 5) is 17.8. The number of cyclic esters (lactones) is 1. The number of ether oxygens (including phenoxy) is 4. The van der Waals surface area contributed by atoms with Crippen LogP contribution in [-0.4, -0.2) is 152 Å². The first-order valence-corrected chi connectivity index (χ1v) is 18.7. The number of esters is 1. The maximum Gasteiger partial charge on any atom is 0.331 e. The fourth-order valence-electron chi connectivity index (χ4n) is 11.8. The van der Waals surface area contributed by atoms with E-state index in [4.69, 9.17) is 23.8 Å². The molecule has 0 spiro atoms. The molecule has 15 heteroatoms. The predicted octanol–water partition coefficient (Wildman–Crippen LogP) is -0.900. The van der Waals surface area contributed by atoms with Crippen molar-refractivity contribution in [3.8, 4) is 0 Å². The molecule has 3 heterocycles. The second kappa shape index (κ2) is 14.1. The van der Waals surface area contributed by atoms with Gasteiger partial charge < -0.3 is 59.8 Å². The van der Waals surface area contributed by atoms with E-state index in [1.807, 2.05) is 0 Å². The molecule has 3 unspecified atom stereocenters. The van der Waals surface area contributed by atoms with Crippen LogP contribution < -0.4 is 0 Å². The van der Waals surface area contributed by atoms with Gasteiger partial charge in [0.05, 0.1) is 25.9 Å². The third kappa shape index (κ3) is 6.03. The van der Waals surface area contributed by atoms with E-state index in [0.29, 0.717) is 31.3 Å². The van der Waals surface area contributed by atoms with Gasteiger partial charge in [-0.1, -0.05) is 13.8 Å². The molecule has 7 aliphatic rings. The lowest BCUT2D eigenvalue weighted by molar-refractivity contribution is -0.355. The second-order valence-corrected chi connectivity index (χ2v) is 16.8. The van der Waals surface area contributed by atoms with Gasteiger partial charge >= 0.3 is 5.97 Å². The van der Waals surface area contributed by atoms with E-state index in [2.05, 4.69) is 13.8 Å². The molecule has 0 aromatic rings. The predicted molar refractivity (Wildman–Crippen MR) is 175 cm³/mol. The van der Waals surface area contributed by atoms with Crippen molar-refractivity contribution in [3.63, 3.8) is 0 Å². The molecule has 3 aliphatic heterocycles. The quantitative estimate of drug-likeness (QED) is 0.112. The third-order valence-electron chi connectivity index (χ3n) is 14.7. The van der Waals surface area contributed by atoms with E-state index in [-0.39, 0.29) is 34.7 Å². The minimum absolute atomic E-state index is 0.0246. The summed E-state index contributed by atoms with van der Waals surface area (Å²) in [6, 6.07) is -0.182. The third-order valence-corrected chi connectivity index (χ3v) is 14.7. The molecule has 51 heavy (non-hydrogen) atoms. The van der Waals surface area contributed by atoms with E-state index >= 15 is 0 Å². The van der Waals surface area contributed by atoms with Crippen molar-refractivity contribution in [1.82, 2.24) is 5.06 Å². The Morgan fingerprint density at radius 2 is 1.57 bits per heavy atom. The highest BCUT2D eigenvalue weighted by Gasteiger charge is 2.68. The Balaban J connectivity index is 1.02. The molecule has 0 aromatic carbocycles. The number of carbonyl (C=O) groups is 1. The van der Waals surface area contributed by atoms with Crippen LogP contribution in [0.25, 0.3) is 0 Å². The molecule has 0 bridgehead atoms. The normalized spacial score (nSPS) is 52.9. The lowest BCUT2D eigenvalue weighted by Crippen LogP contribution is -2.66. The Bertz CT molecular complexity index is 1320. The highest BCUT2D eigenvalue weighted by Crippen LogP contribution is 2.70. The number of hydrogen-bond donors (Lipinski definition) is 8. The van der Waals surface area contributed by atoms with Crippen LogP contribution in [-0.2, 0) is 28.6 Å². The molecular formula is C36H57NO14. The Morgan fingerprint density at radius 3 is 2.25 bits per heavy atom. The Hall–Kier alpha value is -1.31. The molecule has 4 saturated carbocycles. The number of aliphatic hydroxyl groups is 8. The van der Waals surface area contributed by atoms with Crippen LogP contribution >= 0.6 is 0 Å². The minimum Gasteiger partial charge on any atom is -0.458 e. The van der Waals surface area contributed by atoms with E-state index < -0.39 is 80.2 Å². The highest BCUT2D eigenvalue weighted by molar-refractivity contribution is 5.85. The van der Waals surface area contributed by atoms with E-state index in [1.165, 1.54) is 7.11 Å². The summed E-state index contributed by atoms with van der Waals surface area (Å²) in [7, 11) is 1.48. The van der Waals surface area contributed by atoms with Gasteiger partial charge in [-0.05, 0) is 92.4 Å². The molecule has 8 N–H and O–H groups in total. The first kappa shape index (κ1) is 38.0. The van der Waals surface area contributed by atoms with Crippen molar-refractivity contribution in [3.05, 3.63) is 11.6 Å². The fourth-order valence-corrected chi connectivity index (χ4v) is 11.8. The summed E-state index contributed by atoms with van der Waals surface area (Å²) in [6.45, 7) is 3.85. The van der Waals surface area contributed by atoms with Crippen molar-refractivity contribution in [1.29, 1.82) is 0 Å². The van der Waals surface area contributed by atoms with Gasteiger partial charge in [0.15, 0.2) is 12.5 Å². The van der Waals surface area contributed by atoms with Gasteiger partial charge in [-0.3, -0.25) is 4.84 Å². The molecule has 6 fully saturated rings. The molecule has 2 saturated heterocycles. The van der Waals surface area contributed by atoms with Crippen LogP contribution in [0.15, 0.2) is 11.6 Å². The smallest absolute Gasteiger partial charge is 0.331 e. The van der Waals surface area contributed by atoms with Crippen molar-refractivity contribution < 1.29 is 69.4 Å². The van der Waals surface area contributed by atoms with Gasteiger partial charge in [-0.25, -0.2) is 4.79 Å². The Morgan fingerprint density at radius 1 is 0.843 bits per heavy atom. The summed E-state index contributed by atoms with van der Waals surface area (Å²) in [6.07, 6.45) is -5.38. The average molecular weight is 728 g/mol. The summed E-state index contributed by atoms with van der Waals surface area (Å²) in [5.74, 6) is 0.638. The fraction of sp³-hybridized carbons (Fsp3) is 0.917. The zero-order chi connectivity index (χ0) is 36.6. The topological polar surface area (TPSA) is 228 Å². The van der Waals surface area contributed by atoms with Crippen molar-refractivity contribution in [2.24, 2.45) is 34.5 Å². The lowest BCUT2D eigenvalue weighted by Gasteiger charge is -2.64. The van der Waals surface area contributed by atoms with Crippen LogP contribution in [0.4, 0.5) is 0 Å². The second-order valence-electron chi connectivity index (χ2n) is 16.8. The number of hydrogen-bond acceptors (Lipinski definition) is 15. The van der Waals surface area contributed by atoms with Gasteiger partial charge in [-0.15, -0.1) is 0 Å². The molecule has 18 atom stereocenters. The summed E-state index contributed by atoms with van der Waals surface area (Å²) in [5.41, 5.74) is -0.141. The molecular weight excluding hydrogens is 670 g/mol. The van der Waals surface area contributed by atoms with Crippen LogP contribution in [0.3, 0.4) is 0 Å². The van der Waals surface area contributed by atoms with Crippen molar-refractivity contribution in [2.45, 2.75) is 145 Å². The van der Waals surface area contributed by atoms with E-state index in [1.54, 1.807) is 11.1 Å². The van der Waals surface area contributed by atoms with Gasteiger partial charge in [0.25, 0.3) is 0 Å². The summed E-state index contributed by atoms with van der Waals surface area (Å²) in [5, 5.41) is 87.1. The maximum atomic E-state index is 12.6. The Kier molecular flexibility index (Phi) is 10.5. The number of fused-ring (bicyclic) bond motifs is 5. The summed E-state index contributed by atoms with van der Waals surface area (Å²) >= 11 is 0. The molecule has 15 nitrogen and oxygen atoms in total. The highest BCUT2D eigenvalue weighted by atomic mass is 16.7. The molecule has 7 rings (SSSR count). The van der Waals surface area contributed by atoms with Crippen molar-refractivity contribution in [2.75, 3.05) is 26.9 Å². The molecule has 0 radical (unpaired) electrons. The van der Waals surface area contributed by atoms with Crippen LogP contribution in [0.1, 0.15) is 71.6 Å². The van der Waals surface area contributed by atoms with Crippen molar-refractivity contribution >= 4 is 5.97 Å².